The van der Waals surface area contributed by atoms with E-state index in [-0.39, 0.29) is 29.3 Å². The first-order valence-corrected chi connectivity index (χ1v) is 14.7. The number of rotatable bonds is 13. The molecule has 1 aromatic rings. The molecule has 0 aromatic carbocycles. The van der Waals surface area contributed by atoms with Gasteiger partial charge in [0.05, 0.1) is 11.7 Å². The van der Waals surface area contributed by atoms with Gasteiger partial charge in [0.1, 0.15) is 35.7 Å². The van der Waals surface area contributed by atoms with Crippen LogP contribution in [-0.2, 0) is 9.47 Å². The number of hydrogen-bond donors (Lipinski definition) is 3. The van der Waals surface area contributed by atoms with Crippen LogP contribution in [0.2, 0.25) is 0 Å². The smallest absolute Gasteiger partial charge is 0.421 e. The number of amides is 2. The van der Waals surface area contributed by atoms with Gasteiger partial charge in [0.15, 0.2) is 5.82 Å². The monoisotopic (exact) mass is 633 g/mol. The van der Waals surface area contributed by atoms with Gasteiger partial charge in [0.25, 0.3) is 5.91 Å². The molecule has 0 spiro atoms. The first-order chi connectivity index (χ1) is 21.2. The number of ether oxygens (including phenoxy) is 2. The van der Waals surface area contributed by atoms with E-state index in [2.05, 4.69) is 4.98 Å². The quantitative estimate of drug-likeness (QED) is 0.123. The number of nitrogens with zero attached hydrogens (tertiary/aromatic N) is 4. The highest BCUT2D eigenvalue weighted by atomic mass is 19.4. The lowest BCUT2D eigenvalue weighted by Gasteiger charge is -2.35. The molecule has 2 amide bonds. The van der Waals surface area contributed by atoms with Gasteiger partial charge in [0.2, 0.25) is 0 Å². The number of alkyl halides is 3. The van der Waals surface area contributed by atoms with Crippen molar-refractivity contribution in [3.8, 4) is 0 Å². The summed E-state index contributed by atoms with van der Waals surface area (Å²) in [6, 6.07) is 0.608. The number of allylic oxidation sites excluding steroid dienone is 5. The highest BCUT2D eigenvalue weighted by molar-refractivity contribution is 5.97. The van der Waals surface area contributed by atoms with Crippen molar-refractivity contribution in [3.63, 3.8) is 0 Å². The van der Waals surface area contributed by atoms with Crippen LogP contribution >= 0.6 is 0 Å². The molecule has 14 heteroatoms. The Morgan fingerprint density at radius 2 is 1.98 bits per heavy atom. The summed E-state index contributed by atoms with van der Waals surface area (Å²) in [6.45, 7) is 6.92. The predicted molar refractivity (Wildman–Crippen MR) is 167 cm³/mol. The highest BCUT2D eigenvalue weighted by Gasteiger charge is 2.42. The number of amidine groups is 1. The van der Waals surface area contributed by atoms with Gasteiger partial charge < -0.3 is 30.3 Å². The first kappa shape index (κ1) is 35.2. The minimum Gasteiger partial charge on any atom is -0.492 e. The molecule has 1 fully saturated rings. The largest absolute Gasteiger partial charge is 0.492 e. The second kappa shape index (κ2) is 15.6. The van der Waals surface area contributed by atoms with Gasteiger partial charge in [0, 0.05) is 25.7 Å². The number of halogens is 3. The number of nitrogens with two attached hydrogens (primary N) is 1. The molecular weight excluding hydrogens is 591 g/mol. The standard InChI is InChI=1S/C31H42F3N7O4/c1-6-23(11-10-20(2)8-7-9-24(18-27(35)36)44-17-16-39(4)5)45-30(43)41-22-14-15-40(19-22)26-13-12-25(38-28(26)41)29(42)37-21(3)31(32,33)34/h6-7,9-13,18,20-22H,8,14-17,19H2,1-5H3,(H3,35,36)(H,37,42)/b9-7-,11-10-,23-6+,24-18+/t20?,21-,22?/m1/s1. The van der Waals surface area contributed by atoms with Gasteiger partial charge in [-0.05, 0) is 77.1 Å². The molecule has 246 valence electrons. The molecule has 0 aliphatic carbocycles. The van der Waals surface area contributed by atoms with Crippen LogP contribution in [0.3, 0.4) is 0 Å². The molecule has 3 heterocycles. The molecular formula is C31H42F3N7O4. The van der Waals surface area contributed by atoms with Gasteiger partial charge in [-0.3, -0.25) is 15.1 Å². The van der Waals surface area contributed by atoms with E-state index >= 15 is 0 Å². The lowest BCUT2D eigenvalue weighted by Crippen LogP contribution is -2.47. The maximum Gasteiger partial charge on any atom is 0.421 e. The lowest BCUT2D eigenvalue weighted by molar-refractivity contribution is -0.149. The molecule has 1 aromatic heterocycles. The molecule has 2 unspecified atom stereocenters. The minimum absolute atomic E-state index is 0.0520. The SMILES string of the molecule is C/C=C(\C=C/C(C)C/C=C\C(=C/C(=N)N)OCCN(C)C)OC(=O)N1c2nc(C(=O)N[C@H](C)C(F)(F)F)ccc2N2CCC1C2. The molecule has 0 radical (unpaired) electrons. The van der Waals surface area contributed by atoms with E-state index in [9.17, 15) is 22.8 Å². The third-order valence-corrected chi connectivity index (χ3v) is 7.19. The molecule has 0 saturated carbocycles. The van der Waals surface area contributed by atoms with E-state index in [0.717, 1.165) is 6.92 Å². The van der Waals surface area contributed by atoms with Crippen molar-refractivity contribution in [1.29, 1.82) is 5.41 Å². The molecule has 3 atom stereocenters. The molecule has 1 saturated heterocycles. The van der Waals surface area contributed by atoms with Gasteiger partial charge in [-0.15, -0.1) is 0 Å². The molecule has 2 aliphatic heterocycles. The number of fused-ring (bicyclic) bond motifs is 4. The van der Waals surface area contributed by atoms with Crippen LogP contribution in [-0.4, -0.2) is 86.3 Å². The fourth-order valence-electron chi connectivity index (χ4n) is 4.64. The highest BCUT2D eigenvalue weighted by Crippen LogP contribution is 2.39. The van der Waals surface area contributed by atoms with Crippen molar-refractivity contribution in [2.75, 3.05) is 50.1 Å². The molecule has 2 aliphatic rings. The Hall–Kier alpha value is -4.33. The fraction of sp³-hybridized carbons (Fsp3) is 0.484. The van der Waals surface area contributed by atoms with Crippen molar-refractivity contribution >= 4 is 29.3 Å². The average molecular weight is 634 g/mol. The normalized spacial score (nSPS) is 18.4. The van der Waals surface area contributed by atoms with E-state index in [1.807, 2.05) is 48.3 Å². The topological polar surface area (TPSA) is 137 Å². The number of hydrogen-bond acceptors (Lipinski definition) is 8. The Morgan fingerprint density at radius 3 is 2.62 bits per heavy atom. The van der Waals surface area contributed by atoms with Crippen molar-refractivity contribution in [2.24, 2.45) is 11.7 Å². The number of aromatic nitrogens is 1. The summed E-state index contributed by atoms with van der Waals surface area (Å²) in [6.07, 6.45) is 6.31. The van der Waals surface area contributed by atoms with E-state index in [0.29, 0.717) is 56.3 Å². The molecule has 45 heavy (non-hydrogen) atoms. The lowest BCUT2D eigenvalue weighted by atomic mass is 10.1. The summed E-state index contributed by atoms with van der Waals surface area (Å²) < 4.78 is 50.4. The molecule has 4 N–H and O–H groups in total. The van der Waals surface area contributed by atoms with Crippen LogP contribution in [0.25, 0.3) is 0 Å². The van der Waals surface area contributed by atoms with E-state index in [1.54, 1.807) is 31.2 Å². The number of nitrogens with one attached hydrogen (secondary N) is 2. The third-order valence-electron chi connectivity index (χ3n) is 7.19. The Bertz CT molecular complexity index is 1360. The summed E-state index contributed by atoms with van der Waals surface area (Å²) in [7, 11) is 3.87. The van der Waals surface area contributed by atoms with Crippen molar-refractivity contribution in [2.45, 2.75) is 51.9 Å². The Morgan fingerprint density at radius 1 is 1.24 bits per heavy atom. The van der Waals surface area contributed by atoms with Gasteiger partial charge in [-0.2, -0.15) is 13.2 Å². The Kier molecular flexibility index (Phi) is 12.2. The maximum atomic E-state index is 13.5. The van der Waals surface area contributed by atoms with Crippen LogP contribution in [0.15, 0.2) is 60.1 Å². The van der Waals surface area contributed by atoms with E-state index in [4.69, 9.17) is 20.6 Å². The zero-order chi connectivity index (χ0) is 33.3. The summed E-state index contributed by atoms with van der Waals surface area (Å²) in [5, 5.41) is 9.43. The average Bonchev–Trinajstić information content (AvgIpc) is 3.37. The van der Waals surface area contributed by atoms with Gasteiger partial charge in [-0.1, -0.05) is 19.1 Å². The number of carbonyl (C=O) groups excluding carboxylic acids is 2. The van der Waals surface area contributed by atoms with Crippen LogP contribution in [0.1, 0.15) is 44.1 Å². The second-order valence-corrected chi connectivity index (χ2v) is 11.2. The summed E-state index contributed by atoms with van der Waals surface area (Å²) in [5.74, 6) is -0.0975. The van der Waals surface area contributed by atoms with Crippen molar-refractivity contribution in [3.05, 3.63) is 65.8 Å². The van der Waals surface area contributed by atoms with Crippen LogP contribution in [0.5, 0.6) is 0 Å². The Labute approximate surface area is 261 Å². The second-order valence-electron chi connectivity index (χ2n) is 11.2. The maximum absolute atomic E-state index is 13.5. The van der Waals surface area contributed by atoms with Crippen LogP contribution in [0.4, 0.5) is 29.5 Å². The summed E-state index contributed by atoms with van der Waals surface area (Å²) >= 11 is 0. The predicted octanol–water partition coefficient (Wildman–Crippen LogP) is 4.74. The van der Waals surface area contributed by atoms with Crippen LogP contribution < -0.4 is 20.9 Å². The fourth-order valence-corrected chi connectivity index (χ4v) is 4.64. The van der Waals surface area contributed by atoms with Crippen molar-refractivity contribution in [1.82, 2.24) is 15.2 Å². The first-order valence-electron chi connectivity index (χ1n) is 14.7. The number of anilines is 2. The Balaban J connectivity index is 1.68. The molecule has 2 bridgehead atoms. The molecule has 11 nitrogen and oxygen atoms in total. The summed E-state index contributed by atoms with van der Waals surface area (Å²) in [5.41, 5.74) is 5.87. The third kappa shape index (κ3) is 10.1. The van der Waals surface area contributed by atoms with Crippen LogP contribution in [0, 0.1) is 11.3 Å². The van der Waals surface area contributed by atoms with E-state index in [1.165, 1.54) is 17.0 Å². The van der Waals surface area contributed by atoms with E-state index < -0.39 is 24.2 Å². The summed E-state index contributed by atoms with van der Waals surface area (Å²) in [4.78, 5) is 35.7. The molecule has 3 rings (SSSR count). The van der Waals surface area contributed by atoms with Gasteiger partial charge in [-0.25, -0.2) is 9.78 Å². The number of pyridine rings is 1. The zero-order valence-electron chi connectivity index (χ0n) is 26.2. The van der Waals surface area contributed by atoms with Gasteiger partial charge >= 0.3 is 12.3 Å². The minimum atomic E-state index is -4.61. The number of likely N-dealkylation sites (N-methyl/N-ethyl adjacent to an activating group) is 1. The van der Waals surface area contributed by atoms with Crippen molar-refractivity contribution < 1.29 is 32.2 Å². The zero-order valence-corrected chi connectivity index (χ0v) is 26.2. The number of carbonyl (C=O) groups is 2.